The molecule has 0 unspecified atom stereocenters. The van der Waals surface area contributed by atoms with Gasteiger partial charge in [0.25, 0.3) is 0 Å². The number of hydrogen-bond acceptors (Lipinski definition) is 3. The molecule has 2 rings (SSSR count). The SMILES string of the molecule is Cc1ccc(OCCOCC[NH+]2C[C@H](C)O[C@@H](C)C2)c(Br)c1. The molecule has 5 heteroatoms. The van der Waals surface area contributed by atoms with Gasteiger partial charge in [-0.15, -0.1) is 0 Å². The smallest absolute Gasteiger partial charge is 0.133 e. The lowest BCUT2D eigenvalue weighted by Gasteiger charge is -2.32. The highest BCUT2D eigenvalue weighted by molar-refractivity contribution is 9.10. The molecule has 1 aliphatic rings. The zero-order valence-electron chi connectivity index (χ0n) is 13.7. The Balaban J connectivity index is 1.57. The average molecular weight is 373 g/mol. The third-order valence-electron chi connectivity index (χ3n) is 3.79. The predicted molar refractivity (Wildman–Crippen MR) is 90.8 cm³/mol. The normalized spacial score (nSPS) is 25.2. The second-order valence-electron chi connectivity index (χ2n) is 6.06. The molecule has 1 aromatic carbocycles. The van der Waals surface area contributed by atoms with Gasteiger partial charge in [0.1, 0.15) is 44.2 Å². The third kappa shape index (κ3) is 5.88. The van der Waals surface area contributed by atoms with Crippen LogP contribution in [0.2, 0.25) is 0 Å². The maximum atomic E-state index is 5.74. The first-order valence-corrected chi connectivity index (χ1v) is 8.79. The highest BCUT2D eigenvalue weighted by Crippen LogP contribution is 2.25. The van der Waals surface area contributed by atoms with Gasteiger partial charge in [0.05, 0.1) is 17.7 Å². The van der Waals surface area contributed by atoms with Gasteiger partial charge in [0.2, 0.25) is 0 Å². The largest absolute Gasteiger partial charge is 0.490 e. The Labute approximate surface area is 141 Å². The molecular weight excluding hydrogens is 346 g/mol. The predicted octanol–water partition coefficient (Wildman–Crippen LogP) is 1.85. The van der Waals surface area contributed by atoms with Crippen molar-refractivity contribution in [1.82, 2.24) is 0 Å². The number of aryl methyl sites for hydroxylation is 1. The summed E-state index contributed by atoms with van der Waals surface area (Å²) in [5.74, 6) is 0.871. The van der Waals surface area contributed by atoms with Gasteiger partial charge in [-0.05, 0) is 54.4 Å². The molecule has 0 aliphatic carbocycles. The molecule has 1 saturated heterocycles. The lowest BCUT2D eigenvalue weighted by molar-refractivity contribution is -0.915. The summed E-state index contributed by atoms with van der Waals surface area (Å²) in [6.45, 7) is 11.5. The van der Waals surface area contributed by atoms with Crippen LogP contribution in [-0.4, -0.2) is 51.7 Å². The van der Waals surface area contributed by atoms with E-state index in [0.29, 0.717) is 25.4 Å². The Morgan fingerprint density at radius 2 is 1.91 bits per heavy atom. The Bertz CT molecular complexity index is 459. The standard InChI is InChI=1S/C17H26BrNO3/c1-13-4-5-17(16(18)10-13)21-9-8-20-7-6-19-11-14(2)22-15(3)12-19/h4-5,10,14-15H,6-9,11-12H2,1-3H3/p+1/t14-,15-/m0/s1. The van der Waals surface area contributed by atoms with Gasteiger partial charge in [0, 0.05) is 0 Å². The minimum atomic E-state index is 0.348. The van der Waals surface area contributed by atoms with Crippen molar-refractivity contribution < 1.29 is 19.1 Å². The van der Waals surface area contributed by atoms with Crippen molar-refractivity contribution >= 4 is 15.9 Å². The van der Waals surface area contributed by atoms with Crippen molar-refractivity contribution in [3.05, 3.63) is 28.2 Å². The second kappa shape index (κ2) is 8.87. The fourth-order valence-electron chi connectivity index (χ4n) is 2.85. The van der Waals surface area contributed by atoms with Crippen LogP contribution in [0.4, 0.5) is 0 Å². The number of hydrogen-bond donors (Lipinski definition) is 1. The van der Waals surface area contributed by atoms with Gasteiger partial charge in [-0.1, -0.05) is 6.07 Å². The molecule has 1 fully saturated rings. The molecule has 2 atom stereocenters. The van der Waals surface area contributed by atoms with Crippen LogP contribution in [0.15, 0.2) is 22.7 Å². The minimum absolute atomic E-state index is 0.348. The first kappa shape index (κ1) is 17.7. The number of quaternary nitrogens is 1. The molecule has 0 radical (unpaired) electrons. The first-order valence-electron chi connectivity index (χ1n) is 8.00. The number of rotatable bonds is 7. The van der Waals surface area contributed by atoms with Gasteiger partial charge in [-0.3, -0.25) is 0 Å². The van der Waals surface area contributed by atoms with Gasteiger partial charge < -0.3 is 19.1 Å². The van der Waals surface area contributed by atoms with E-state index in [2.05, 4.69) is 42.8 Å². The summed E-state index contributed by atoms with van der Waals surface area (Å²) in [5, 5.41) is 0. The second-order valence-corrected chi connectivity index (χ2v) is 6.91. The lowest BCUT2D eigenvalue weighted by Crippen LogP contribution is -3.15. The molecule has 1 aliphatic heterocycles. The molecule has 4 nitrogen and oxygen atoms in total. The van der Waals surface area contributed by atoms with E-state index in [1.165, 1.54) is 5.56 Å². The van der Waals surface area contributed by atoms with Gasteiger partial charge >= 0.3 is 0 Å². The summed E-state index contributed by atoms with van der Waals surface area (Å²) in [5.41, 5.74) is 1.22. The quantitative estimate of drug-likeness (QED) is 0.741. The first-order chi connectivity index (χ1) is 10.5. The highest BCUT2D eigenvalue weighted by atomic mass is 79.9. The molecule has 0 bridgehead atoms. The molecule has 1 aromatic rings. The number of halogens is 1. The molecule has 22 heavy (non-hydrogen) atoms. The Hall–Kier alpha value is -0.620. The van der Waals surface area contributed by atoms with Crippen LogP contribution in [0, 0.1) is 6.92 Å². The maximum absolute atomic E-state index is 5.74. The number of morpholine rings is 1. The van der Waals surface area contributed by atoms with E-state index in [0.717, 1.165) is 36.5 Å². The number of nitrogens with one attached hydrogen (secondary N) is 1. The number of benzene rings is 1. The molecule has 1 N–H and O–H groups in total. The molecule has 0 aromatic heterocycles. The van der Waals surface area contributed by atoms with Gasteiger partial charge in [-0.25, -0.2) is 0 Å². The van der Waals surface area contributed by atoms with Crippen molar-refractivity contribution in [3.8, 4) is 5.75 Å². The molecular formula is C17H27BrNO3+. The fraction of sp³-hybridized carbons (Fsp3) is 0.647. The van der Waals surface area contributed by atoms with E-state index in [9.17, 15) is 0 Å². The summed E-state index contributed by atoms with van der Waals surface area (Å²) < 4.78 is 18.1. The van der Waals surface area contributed by atoms with Crippen molar-refractivity contribution in [2.24, 2.45) is 0 Å². The Kier molecular flexibility index (Phi) is 7.15. The van der Waals surface area contributed by atoms with Crippen LogP contribution in [-0.2, 0) is 9.47 Å². The molecule has 0 saturated carbocycles. The minimum Gasteiger partial charge on any atom is -0.490 e. The van der Waals surface area contributed by atoms with E-state index < -0.39 is 0 Å². The summed E-state index contributed by atoms with van der Waals surface area (Å²) in [4.78, 5) is 1.56. The van der Waals surface area contributed by atoms with E-state index in [1.54, 1.807) is 4.90 Å². The van der Waals surface area contributed by atoms with Crippen LogP contribution < -0.4 is 9.64 Å². The topological polar surface area (TPSA) is 32.1 Å². The molecule has 124 valence electrons. The van der Waals surface area contributed by atoms with Crippen LogP contribution in [0.5, 0.6) is 5.75 Å². The highest BCUT2D eigenvalue weighted by Gasteiger charge is 2.24. The van der Waals surface area contributed by atoms with E-state index >= 15 is 0 Å². The zero-order chi connectivity index (χ0) is 15.9. The average Bonchev–Trinajstić information content (AvgIpc) is 2.43. The van der Waals surface area contributed by atoms with Gasteiger partial charge in [-0.2, -0.15) is 0 Å². The monoisotopic (exact) mass is 372 g/mol. The van der Waals surface area contributed by atoms with E-state index in [4.69, 9.17) is 14.2 Å². The van der Waals surface area contributed by atoms with Crippen LogP contribution in [0.1, 0.15) is 19.4 Å². The molecule has 0 spiro atoms. The zero-order valence-corrected chi connectivity index (χ0v) is 15.3. The van der Waals surface area contributed by atoms with Crippen molar-refractivity contribution in [2.75, 3.05) is 39.5 Å². The Morgan fingerprint density at radius 3 is 2.59 bits per heavy atom. The summed E-state index contributed by atoms with van der Waals surface area (Å²) in [6.07, 6.45) is 0.696. The maximum Gasteiger partial charge on any atom is 0.133 e. The summed E-state index contributed by atoms with van der Waals surface area (Å²) >= 11 is 3.51. The lowest BCUT2D eigenvalue weighted by atomic mass is 10.2. The van der Waals surface area contributed by atoms with E-state index in [1.807, 2.05) is 12.1 Å². The Morgan fingerprint density at radius 1 is 1.18 bits per heavy atom. The van der Waals surface area contributed by atoms with Crippen molar-refractivity contribution in [2.45, 2.75) is 33.0 Å². The number of ether oxygens (including phenoxy) is 3. The van der Waals surface area contributed by atoms with Crippen LogP contribution in [0.25, 0.3) is 0 Å². The third-order valence-corrected chi connectivity index (χ3v) is 4.41. The van der Waals surface area contributed by atoms with Crippen LogP contribution >= 0.6 is 15.9 Å². The molecule has 0 amide bonds. The van der Waals surface area contributed by atoms with E-state index in [-0.39, 0.29) is 0 Å². The molecule has 1 heterocycles. The summed E-state index contributed by atoms with van der Waals surface area (Å²) in [7, 11) is 0. The van der Waals surface area contributed by atoms with Gasteiger partial charge in [0.15, 0.2) is 0 Å². The van der Waals surface area contributed by atoms with Crippen molar-refractivity contribution in [1.29, 1.82) is 0 Å². The van der Waals surface area contributed by atoms with Crippen molar-refractivity contribution in [3.63, 3.8) is 0 Å². The fourth-order valence-corrected chi connectivity index (χ4v) is 3.45. The van der Waals surface area contributed by atoms with Crippen LogP contribution in [0.3, 0.4) is 0 Å². The summed E-state index contributed by atoms with van der Waals surface area (Å²) in [6, 6.07) is 6.09.